The molecule has 16 heavy (non-hydrogen) atoms. The molecule has 1 rings (SSSR count). The van der Waals surface area contributed by atoms with Crippen LogP contribution in [0, 0.1) is 0 Å². The monoisotopic (exact) mass is 228 g/mol. The van der Waals surface area contributed by atoms with Crippen molar-refractivity contribution in [2.75, 3.05) is 26.8 Å². The van der Waals surface area contributed by atoms with Gasteiger partial charge in [0.05, 0.1) is 6.61 Å². The van der Waals surface area contributed by atoms with E-state index in [9.17, 15) is 0 Å². The molecule has 0 bridgehead atoms. The van der Waals surface area contributed by atoms with Crippen molar-refractivity contribution in [1.29, 1.82) is 0 Å². The molecule has 0 aromatic heterocycles. The molecule has 1 saturated heterocycles. The van der Waals surface area contributed by atoms with Crippen LogP contribution in [0.25, 0.3) is 0 Å². The maximum absolute atomic E-state index is 5.29. The molecule has 0 saturated carbocycles. The van der Waals surface area contributed by atoms with Gasteiger partial charge in [0.1, 0.15) is 0 Å². The molecule has 3 atom stereocenters. The van der Waals surface area contributed by atoms with E-state index < -0.39 is 0 Å². The van der Waals surface area contributed by atoms with Gasteiger partial charge in [-0.05, 0) is 26.7 Å². The smallest absolute Gasteiger partial charge is 0.0615 e. The maximum atomic E-state index is 5.29. The summed E-state index contributed by atoms with van der Waals surface area (Å²) in [5.41, 5.74) is 0.271. The van der Waals surface area contributed by atoms with Crippen LogP contribution in [-0.2, 0) is 4.74 Å². The van der Waals surface area contributed by atoms with Crippen molar-refractivity contribution >= 4 is 0 Å². The van der Waals surface area contributed by atoms with E-state index in [1.807, 2.05) is 0 Å². The van der Waals surface area contributed by atoms with Gasteiger partial charge in [0.25, 0.3) is 0 Å². The highest BCUT2D eigenvalue weighted by Gasteiger charge is 2.35. The standard InChI is InChI=1S/C13H28N2O/c1-6-12-8-14-13(4,7-2)10-15(12)11(3)9-16-5/h11-12,14H,6-10H2,1-5H3. The van der Waals surface area contributed by atoms with Gasteiger partial charge in [0.15, 0.2) is 0 Å². The third-order valence-corrected chi connectivity index (χ3v) is 3.99. The van der Waals surface area contributed by atoms with E-state index in [2.05, 4.69) is 37.9 Å². The van der Waals surface area contributed by atoms with E-state index in [-0.39, 0.29) is 5.54 Å². The SMILES string of the molecule is CCC1CNC(C)(CC)CN1C(C)COC. The molecule has 1 N–H and O–H groups in total. The lowest BCUT2D eigenvalue weighted by Crippen LogP contribution is -2.64. The third-order valence-electron chi connectivity index (χ3n) is 3.99. The Balaban J connectivity index is 2.67. The largest absolute Gasteiger partial charge is 0.383 e. The first-order chi connectivity index (χ1) is 7.56. The van der Waals surface area contributed by atoms with Gasteiger partial charge in [-0.25, -0.2) is 0 Å². The highest BCUT2D eigenvalue weighted by molar-refractivity contribution is 4.95. The number of rotatable bonds is 5. The molecule has 96 valence electrons. The number of hydrogen-bond acceptors (Lipinski definition) is 3. The van der Waals surface area contributed by atoms with Gasteiger partial charge in [-0.1, -0.05) is 13.8 Å². The van der Waals surface area contributed by atoms with Crippen LogP contribution in [0.5, 0.6) is 0 Å². The molecule has 0 aliphatic carbocycles. The van der Waals surface area contributed by atoms with Crippen molar-refractivity contribution < 1.29 is 4.74 Å². The van der Waals surface area contributed by atoms with Crippen LogP contribution < -0.4 is 5.32 Å². The summed E-state index contributed by atoms with van der Waals surface area (Å²) in [7, 11) is 1.79. The van der Waals surface area contributed by atoms with Crippen molar-refractivity contribution in [3.8, 4) is 0 Å². The zero-order chi connectivity index (χ0) is 12.2. The minimum absolute atomic E-state index is 0.271. The molecule has 1 fully saturated rings. The van der Waals surface area contributed by atoms with Gasteiger partial charge in [-0.15, -0.1) is 0 Å². The van der Waals surface area contributed by atoms with Crippen molar-refractivity contribution in [3.63, 3.8) is 0 Å². The molecule has 0 aromatic carbocycles. The quantitative estimate of drug-likeness (QED) is 0.777. The molecule has 0 aromatic rings. The van der Waals surface area contributed by atoms with Gasteiger partial charge in [-0.3, -0.25) is 4.90 Å². The summed E-state index contributed by atoms with van der Waals surface area (Å²) >= 11 is 0. The minimum atomic E-state index is 0.271. The summed E-state index contributed by atoms with van der Waals surface area (Å²) < 4.78 is 5.29. The van der Waals surface area contributed by atoms with E-state index in [4.69, 9.17) is 4.74 Å². The number of nitrogens with zero attached hydrogens (tertiary/aromatic N) is 1. The first kappa shape index (κ1) is 13.9. The fourth-order valence-corrected chi connectivity index (χ4v) is 2.54. The van der Waals surface area contributed by atoms with Crippen LogP contribution in [0.2, 0.25) is 0 Å². The van der Waals surface area contributed by atoms with Crippen LogP contribution in [-0.4, -0.2) is 49.3 Å². The molecule has 0 amide bonds. The first-order valence-electron chi connectivity index (χ1n) is 6.56. The number of piperazine rings is 1. The van der Waals surface area contributed by atoms with Gasteiger partial charge in [-0.2, -0.15) is 0 Å². The van der Waals surface area contributed by atoms with E-state index in [0.717, 1.165) is 19.7 Å². The zero-order valence-electron chi connectivity index (χ0n) is 11.5. The predicted octanol–water partition coefficient (Wildman–Crippen LogP) is 1.87. The fraction of sp³-hybridized carbons (Fsp3) is 1.00. The van der Waals surface area contributed by atoms with Crippen molar-refractivity contribution in [1.82, 2.24) is 10.2 Å². The lowest BCUT2D eigenvalue weighted by Gasteiger charge is -2.48. The van der Waals surface area contributed by atoms with Crippen LogP contribution in [0.15, 0.2) is 0 Å². The molecule has 1 heterocycles. The van der Waals surface area contributed by atoms with E-state index in [1.165, 1.54) is 12.8 Å². The highest BCUT2D eigenvalue weighted by atomic mass is 16.5. The Kier molecular flexibility index (Phi) is 5.22. The predicted molar refractivity (Wildman–Crippen MR) is 68.8 cm³/mol. The average Bonchev–Trinajstić information content (AvgIpc) is 2.29. The second kappa shape index (κ2) is 5.99. The Hall–Kier alpha value is -0.120. The van der Waals surface area contributed by atoms with Crippen LogP contribution in [0.4, 0.5) is 0 Å². The number of ether oxygens (including phenoxy) is 1. The lowest BCUT2D eigenvalue weighted by atomic mass is 9.92. The number of methoxy groups -OCH3 is 1. The second-order valence-electron chi connectivity index (χ2n) is 5.33. The summed E-state index contributed by atoms with van der Waals surface area (Å²) in [6.45, 7) is 12.2. The summed E-state index contributed by atoms with van der Waals surface area (Å²) in [5, 5.41) is 3.69. The number of nitrogens with one attached hydrogen (secondary N) is 1. The normalized spacial score (nSPS) is 33.9. The molecule has 1 aliphatic heterocycles. The van der Waals surface area contributed by atoms with Gasteiger partial charge in [0.2, 0.25) is 0 Å². The Morgan fingerprint density at radius 1 is 1.50 bits per heavy atom. The minimum Gasteiger partial charge on any atom is -0.383 e. The van der Waals surface area contributed by atoms with Gasteiger partial charge >= 0.3 is 0 Å². The summed E-state index contributed by atoms with van der Waals surface area (Å²) in [4.78, 5) is 2.61. The fourth-order valence-electron chi connectivity index (χ4n) is 2.54. The molecular weight excluding hydrogens is 200 g/mol. The molecule has 3 nitrogen and oxygen atoms in total. The molecule has 3 unspecified atom stereocenters. The Morgan fingerprint density at radius 3 is 2.69 bits per heavy atom. The molecule has 0 spiro atoms. The zero-order valence-corrected chi connectivity index (χ0v) is 11.5. The molecular formula is C13H28N2O. The van der Waals surface area contributed by atoms with Gasteiger partial charge < -0.3 is 10.1 Å². The number of hydrogen-bond donors (Lipinski definition) is 1. The van der Waals surface area contributed by atoms with E-state index >= 15 is 0 Å². The Morgan fingerprint density at radius 2 is 2.19 bits per heavy atom. The van der Waals surface area contributed by atoms with Crippen LogP contribution in [0.3, 0.4) is 0 Å². The third kappa shape index (κ3) is 3.19. The van der Waals surface area contributed by atoms with Crippen molar-refractivity contribution in [2.45, 2.75) is 58.2 Å². The summed E-state index contributed by atoms with van der Waals surface area (Å²) in [5.74, 6) is 0. The van der Waals surface area contributed by atoms with Crippen molar-refractivity contribution in [3.05, 3.63) is 0 Å². The highest BCUT2D eigenvalue weighted by Crippen LogP contribution is 2.22. The average molecular weight is 228 g/mol. The van der Waals surface area contributed by atoms with Gasteiger partial charge in [0, 0.05) is 37.8 Å². The molecule has 1 aliphatic rings. The maximum Gasteiger partial charge on any atom is 0.0615 e. The van der Waals surface area contributed by atoms with Crippen LogP contribution in [0.1, 0.15) is 40.5 Å². The second-order valence-corrected chi connectivity index (χ2v) is 5.33. The van der Waals surface area contributed by atoms with Crippen LogP contribution >= 0.6 is 0 Å². The molecule has 0 radical (unpaired) electrons. The summed E-state index contributed by atoms with van der Waals surface area (Å²) in [6.07, 6.45) is 2.39. The summed E-state index contributed by atoms with van der Waals surface area (Å²) in [6, 6.07) is 1.17. The van der Waals surface area contributed by atoms with E-state index in [0.29, 0.717) is 12.1 Å². The van der Waals surface area contributed by atoms with Crippen molar-refractivity contribution in [2.24, 2.45) is 0 Å². The Bertz CT molecular complexity index is 210. The topological polar surface area (TPSA) is 24.5 Å². The molecule has 3 heteroatoms. The lowest BCUT2D eigenvalue weighted by molar-refractivity contribution is 0.0167. The Labute approximate surface area is 101 Å². The first-order valence-corrected chi connectivity index (χ1v) is 6.56. The van der Waals surface area contributed by atoms with E-state index in [1.54, 1.807) is 7.11 Å².